The first-order valence-electron chi connectivity index (χ1n) is 8.17. The molecule has 0 aliphatic heterocycles. The Morgan fingerprint density at radius 2 is 2.29 bits per heavy atom. The van der Waals surface area contributed by atoms with Gasteiger partial charge in [-0.3, -0.25) is 4.79 Å². The molecule has 0 aromatic carbocycles. The fourth-order valence-corrected chi connectivity index (χ4v) is 4.23. The van der Waals surface area contributed by atoms with E-state index >= 15 is 0 Å². The number of aryl methyl sites for hydroxylation is 1. The van der Waals surface area contributed by atoms with Gasteiger partial charge in [-0.1, -0.05) is 13.8 Å². The molecule has 0 saturated heterocycles. The van der Waals surface area contributed by atoms with Gasteiger partial charge in [0.2, 0.25) is 5.91 Å². The Morgan fingerprint density at radius 1 is 1.48 bits per heavy atom. The smallest absolute Gasteiger partial charge is 0.220 e. The van der Waals surface area contributed by atoms with Gasteiger partial charge in [-0.15, -0.1) is 11.3 Å². The number of nitrogens with two attached hydrogens (primary N) is 1. The van der Waals surface area contributed by atoms with Crippen LogP contribution in [0.2, 0.25) is 0 Å². The number of hydrogen-bond acceptors (Lipinski definition) is 3. The van der Waals surface area contributed by atoms with Gasteiger partial charge in [-0.2, -0.15) is 0 Å². The number of nitrogens with one attached hydrogen (secondary N) is 1. The molecule has 1 aromatic rings. The summed E-state index contributed by atoms with van der Waals surface area (Å²) >= 11 is 1.82. The van der Waals surface area contributed by atoms with Crippen molar-refractivity contribution in [2.45, 2.75) is 58.4 Å². The first-order valence-corrected chi connectivity index (χ1v) is 9.05. The second-order valence-corrected chi connectivity index (χ2v) is 7.43. The van der Waals surface area contributed by atoms with Gasteiger partial charge in [-0.25, -0.2) is 0 Å². The third-order valence-electron chi connectivity index (χ3n) is 4.61. The van der Waals surface area contributed by atoms with E-state index in [4.69, 9.17) is 5.73 Å². The summed E-state index contributed by atoms with van der Waals surface area (Å²) in [5.74, 6) is 1.35. The van der Waals surface area contributed by atoms with E-state index in [0.29, 0.717) is 24.8 Å². The van der Waals surface area contributed by atoms with E-state index < -0.39 is 0 Å². The van der Waals surface area contributed by atoms with Crippen molar-refractivity contribution in [1.82, 2.24) is 5.32 Å². The molecule has 1 aliphatic rings. The van der Waals surface area contributed by atoms with Gasteiger partial charge < -0.3 is 11.1 Å². The second kappa shape index (κ2) is 7.95. The van der Waals surface area contributed by atoms with Gasteiger partial charge in [0.15, 0.2) is 0 Å². The van der Waals surface area contributed by atoms with Gasteiger partial charge in [0.1, 0.15) is 0 Å². The summed E-state index contributed by atoms with van der Waals surface area (Å²) in [7, 11) is 0. The van der Waals surface area contributed by atoms with Crippen LogP contribution < -0.4 is 11.1 Å². The molecule has 1 aliphatic carbocycles. The molecule has 2 atom stereocenters. The molecule has 0 bridgehead atoms. The van der Waals surface area contributed by atoms with Crippen molar-refractivity contribution in [2.24, 2.45) is 17.6 Å². The molecule has 0 saturated carbocycles. The average Bonchev–Trinajstić information content (AvgIpc) is 2.92. The Labute approximate surface area is 132 Å². The summed E-state index contributed by atoms with van der Waals surface area (Å²) in [6, 6.07) is 2.41. The molecule has 0 spiro atoms. The first-order chi connectivity index (χ1) is 10.1. The largest absolute Gasteiger partial charge is 0.349 e. The molecular weight excluding hydrogens is 280 g/mol. The molecule has 0 radical (unpaired) electrons. The molecule has 3 N–H and O–H groups in total. The fourth-order valence-electron chi connectivity index (χ4n) is 3.24. The van der Waals surface area contributed by atoms with Gasteiger partial charge in [0, 0.05) is 11.3 Å². The highest BCUT2D eigenvalue weighted by atomic mass is 32.1. The van der Waals surface area contributed by atoms with Crippen LogP contribution in [0.4, 0.5) is 0 Å². The van der Waals surface area contributed by atoms with Gasteiger partial charge in [0.25, 0.3) is 0 Å². The minimum atomic E-state index is 0.196. The molecule has 118 valence electrons. The number of rotatable bonds is 7. The topological polar surface area (TPSA) is 55.1 Å². The molecule has 0 fully saturated rings. The van der Waals surface area contributed by atoms with E-state index in [2.05, 4.69) is 30.6 Å². The summed E-state index contributed by atoms with van der Waals surface area (Å²) in [6.07, 6.45) is 6.02. The summed E-state index contributed by atoms with van der Waals surface area (Å²) in [6.45, 7) is 5.15. The maximum Gasteiger partial charge on any atom is 0.220 e. The van der Waals surface area contributed by atoms with Gasteiger partial charge >= 0.3 is 0 Å². The van der Waals surface area contributed by atoms with E-state index in [-0.39, 0.29) is 11.9 Å². The zero-order valence-corrected chi connectivity index (χ0v) is 14.0. The third-order valence-corrected chi connectivity index (χ3v) is 5.61. The lowest BCUT2D eigenvalue weighted by Crippen LogP contribution is -2.31. The summed E-state index contributed by atoms with van der Waals surface area (Å²) in [4.78, 5) is 13.7. The molecule has 2 unspecified atom stereocenters. The van der Waals surface area contributed by atoms with Crippen LogP contribution in [-0.4, -0.2) is 12.5 Å². The van der Waals surface area contributed by atoms with E-state index in [1.165, 1.54) is 23.3 Å². The number of hydrogen-bond donors (Lipinski definition) is 2. The molecule has 1 aromatic heterocycles. The van der Waals surface area contributed by atoms with Crippen LogP contribution in [0.15, 0.2) is 11.4 Å². The fraction of sp³-hybridized carbons (Fsp3) is 0.706. The Hall–Kier alpha value is -0.870. The lowest BCUT2D eigenvalue weighted by Gasteiger charge is -2.25. The highest BCUT2D eigenvalue weighted by molar-refractivity contribution is 7.10. The maximum atomic E-state index is 12.2. The Kier molecular flexibility index (Phi) is 6.24. The van der Waals surface area contributed by atoms with E-state index in [1.54, 1.807) is 0 Å². The lowest BCUT2D eigenvalue weighted by atomic mass is 9.88. The number of thiophene rings is 1. The minimum Gasteiger partial charge on any atom is -0.349 e. The Balaban J connectivity index is 1.83. The van der Waals surface area contributed by atoms with Gasteiger partial charge in [-0.05, 0) is 67.5 Å². The van der Waals surface area contributed by atoms with Gasteiger partial charge in [0.05, 0.1) is 6.04 Å². The van der Waals surface area contributed by atoms with E-state index in [1.807, 2.05) is 11.3 Å². The van der Waals surface area contributed by atoms with Crippen molar-refractivity contribution in [1.29, 1.82) is 0 Å². The minimum absolute atomic E-state index is 0.196. The number of carbonyl (C=O) groups excluding carboxylic acids is 1. The van der Waals surface area contributed by atoms with Crippen LogP contribution in [0.25, 0.3) is 0 Å². The third kappa shape index (κ3) is 4.55. The summed E-state index contributed by atoms with van der Waals surface area (Å²) in [5, 5.41) is 5.38. The van der Waals surface area contributed by atoms with Crippen LogP contribution in [0, 0.1) is 11.8 Å². The van der Waals surface area contributed by atoms with Crippen molar-refractivity contribution >= 4 is 17.2 Å². The zero-order chi connectivity index (χ0) is 15.2. The molecule has 4 heteroatoms. The van der Waals surface area contributed by atoms with Crippen LogP contribution >= 0.6 is 11.3 Å². The average molecular weight is 308 g/mol. The van der Waals surface area contributed by atoms with Crippen molar-refractivity contribution < 1.29 is 4.79 Å². The molecule has 1 heterocycles. The monoisotopic (exact) mass is 308 g/mol. The predicted octanol–water partition coefficient (Wildman–Crippen LogP) is 3.64. The van der Waals surface area contributed by atoms with Crippen molar-refractivity contribution in [3.8, 4) is 0 Å². The van der Waals surface area contributed by atoms with E-state index in [9.17, 15) is 4.79 Å². The highest BCUT2D eigenvalue weighted by Gasteiger charge is 2.23. The van der Waals surface area contributed by atoms with Crippen LogP contribution in [0.5, 0.6) is 0 Å². The normalized spacial score (nSPS) is 19.3. The number of amides is 1. The summed E-state index contributed by atoms with van der Waals surface area (Å²) < 4.78 is 0. The van der Waals surface area contributed by atoms with E-state index in [0.717, 1.165) is 19.3 Å². The van der Waals surface area contributed by atoms with Crippen LogP contribution in [-0.2, 0) is 11.2 Å². The summed E-state index contributed by atoms with van der Waals surface area (Å²) in [5.41, 5.74) is 7.01. The Morgan fingerprint density at radius 3 is 3.00 bits per heavy atom. The number of fused-ring (bicyclic) bond motifs is 1. The lowest BCUT2D eigenvalue weighted by molar-refractivity contribution is -0.122. The first kappa shape index (κ1) is 16.5. The second-order valence-electron chi connectivity index (χ2n) is 6.43. The molecule has 2 rings (SSSR count). The van der Waals surface area contributed by atoms with Crippen LogP contribution in [0.3, 0.4) is 0 Å². The standard InChI is InChI=1S/C17H28N2OS/c1-12(2)13(8-10-18)6-7-17(20)19-15-4-3-5-16-14(15)9-11-21-16/h9,11-13,15H,3-8,10,18H2,1-2H3,(H,19,20). The van der Waals surface area contributed by atoms with Crippen LogP contribution in [0.1, 0.15) is 62.4 Å². The molecule has 1 amide bonds. The van der Waals surface area contributed by atoms with Crippen molar-refractivity contribution in [3.05, 3.63) is 21.9 Å². The maximum absolute atomic E-state index is 12.2. The highest BCUT2D eigenvalue weighted by Crippen LogP contribution is 2.33. The predicted molar refractivity (Wildman–Crippen MR) is 89.4 cm³/mol. The zero-order valence-electron chi connectivity index (χ0n) is 13.2. The quantitative estimate of drug-likeness (QED) is 0.808. The SMILES string of the molecule is CC(C)C(CCN)CCC(=O)NC1CCCc2sccc21. The molecule has 3 nitrogen and oxygen atoms in total. The molecule has 21 heavy (non-hydrogen) atoms. The Bertz CT molecular complexity index is 455. The number of carbonyl (C=O) groups is 1. The van der Waals surface area contributed by atoms with Crippen molar-refractivity contribution in [3.63, 3.8) is 0 Å². The molecular formula is C17H28N2OS. The van der Waals surface area contributed by atoms with Crippen molar-refractivity contribution in [2.75, 3.05) is 6.54 Å².